The minimum absolute atomic E-state index is 0.00631. The summed E-state index contributed by atoms with van der Waals surface area (Å²) in [4.78, 5) is 5.67. The summed E-state index contributed by atoms with van der Waals surface area (Å²) in [7, 11) is 0. The number of thiophene rings is 1. The lowest BCUT2D eigenvalue weighted by atomic mass is 10.0. The van der Waals surface area contributed by atoms with Crippen molar-refractivity contribution < 1.29 is 0 Å². The molecule has 3 aromatic rings. The highest BCUT2D eigenvalue weighted by atomic mass is 35.5. The smallest absolute Gasteiger partial charge is 0.226 e. The zero-order chi connectivity index (χ0) is 15.1. The Kier molecular flexibility index (Phi) is 3.24. The van der Waals surface area contributed by atoms with Gasteiger partial charge in [-0.15, -0.1) is 11.3 Å². The van der Waals surface area contributed by atoms with Crippen molar-refractivity contribution in [2.75, 3.05) is 5.32 Å². The largest absolute Gasteiger partial charge is 0.323 e. The first-order chi connectivity index (χ1) is 10.7. The quantitative estimate of drug-likeness (QED) is 0.760. The van der Waals surface area contributed by atoms with Crippen LogP contribution in [0, 0.1) is 6.92 Å². The molecule has 4 nitrogen and oxygen atoms in total. The number of nitrogens with zero attached hydrogens (tertiary/aromatic N) is 3. The highest BCUT2D eigenvalue weighted by molar-refractivity contribution is 7.11. The van der Waals surface area contributed by atoms with Gasteiger partial charge in [-0.3, -0.25) is 0 Å². The summed E-state index contributed by atoms with van der Waals surface area (Å²) in [5, 5.41) is 10.7. The number of benzene rings is 1. The van der Waals surface area contributed by atoms with Crippen LogP contribution in [0.15, 0.2) is 47.9 Å². The highest BCUT2D eigenvalue weighted by Crippen LogP contribution is 2.34. The predicted octanol–water partition coefficient (Wildman–Crippen LogP) is 4.36. The summed E-state index contributed by atoms with van der Waals surface area (Å²) in [5.74, 6) is 1.52. The fourth-order valence-corrected chi connectivity index (χ4v) is 3.41. The van der Waals surface area contributed by atoms with E-state index in [0.717, 1.165) is 28.1 Å². The van der Waals surface area contributed by atoms with Gasteiger partial charge < -0.3 is 5.32 Å². The summed E-state index contributed by atoms with van der Waals surface area (Å²) in [6.45, 7) is 1.90. The third-order valence-electron chi connectivity index (χ3n) is 3.57. The van der Waals surface area contributed by atoms with Crippen LogP contribution in [0.3, 0.4) is 0 Å². The van der Waals surface area contributed by atoms with Crippen molar-refractivity contribution in [3.8, 4) is 0 Å². The van der Waals surface area contributed by atoms with Crippen LogP contribution in [-0.2, 0) is 0 Å². The van der Waals surface area contributed by atoms with Crippen molar-refractivity contribution >= 4 is 34.6 Å². The molecule has 1 aliphatic rings. The average Bonchev–Trinajstić information content (AvgIpc) is 3.15. The van der Waals surface area contributed by atoms with E-state index in [4.69, 9.17) is 11.6 Å². The lowest BCUT2D eigenvalue weighted by molar-refractivity contribution is 0.607. The fourth-order valence-electron chi connectivity index (χ4n) is 2.57. The third-order valence-corrected chi connectivity index (χ3v) is 4.72. The van der Waals surface area contributed by atoms with E-state index in [1.807, 2.05) is 41.9 Å². The first-order valence-corrected chi connectivity index (χ1v) is 8.18. The zero-order valence-corrected chi connectivity index (χ0v) is 13.4. The summed E-state index contributed by atoms with van der Waals surface area (Å²) in [5.41, 5.74) is 2.20. The Bertz CT molecular complexity index is 834. The van der Waals surface area contributed by atoms with Gasteiger partial charge in [0.25, 0.3) is 0 Å². The molecule has 110 valence electrons. The molecule has 22 heavy (non-hydrogen) atoms. The Labute approximate surface area is 137 Å². The molecule has 4 rings (SSSR count). The lowest BCUT2D eigenvalue weighted by Crippen LogP contribution is -2.19. The number of nitrogens with one attached hydrogen (secondary N) is 1. The Morgan fingerprint density at radius 3 is 2.77 bits per heavy atom. The number of anilines is 1. The first-order valence-electron chi connectivity index (χ1n) is 6.92. The topological polar surface area (TPSA) is 42.7 Å². The number of hydrogen-bond donors (Lipinski definition) is 1. The van der Waals surface area contributed by atoms with Crippen molar-refractivity contribution in [2.45, 2.75) is 13.0 Å². The van der Waals surface area contributed by atoms with Gasteiger partial charge in [0.05, 0.1) is 10.6 Å². The van der Waals surface area contributed by atoms with Gasteiger partial charge in [-0.25, -0.2) is 4.68 Å². The maximum absolute atomic E-state index is 6.00. The number of aryl methyl sites for hydroxylation is 1. The van der Waals surface area contributed by atoms with Crippen molar-refractivity contribution in [2.24, 2.45) is 0 Å². The third kappa shape index (κ3) is 2.32. The predicted molar refractivity (Wildman–Crippen MR) is 90.3 cm³/mol. The minimum Gasteiger partial charge on any atom is -0.323 e. The van der Waals surface area contributed by atoms with Crippen molar-refractivity contribution in [1.82, 2.24) is 14.8 Å². The zero-order valence-electron chi connectivity index (χ0n) is 11.8. The van der Waals surface area contributed by atoms with E-state index >= 15 is 0 Å². The highest BCUT2D eigenvalue weighted by Gasteiger charge is 2.24. The summed E-state index contributed by atoms with van der Waals surface area (Å²) in [6.07, 6.45) is 2.18. The van der Waals surface area contributed by atoms with Crippen molar-refractivity contribution in [1.29, 1.82) is 0 Å². The number of hydrogen-bond acceptors (Lipinski definition) is 4. The maximum Gasteiger partial charge on any atom is 0.226 e. The fraction of sp³-hybridized carbons (Fsp3) is 0.125. The molecular formula is C16H13ClN4S. The number of allylic oxidation sites excluding steroid dienone is 1. The molecule has 0 aliphatic carbocycles. The van der Waals surface area contributed by atoms with Gasteiger partial charge in [-0.1, -0.05) is 29.8 Å². The van der Waals surface area contributed by atoms with E-state index in [-0.39, 0.29) is 6.04 Å². The molecule has 1 atom stereocenters. The van der Waals surface area contributed by atoms with Gasteiger partial charge in [-0.05, 0) is 42.1 Å². The van der Waals surface area contributed by atoms with Crippen LogP contribution in [0.25, 0.3) is 5.70 Å². The lowest BCUT2D eigenvalue weighted by Gasteiger charge is -2.23. The van der Waals surface area contributed by atoms with E-state index < -0.39 is 0 Å². The molecule has 0 radical (unpaired) electrons. The molecule has 3 heterocycles. The molecule has 1 aromatic carbocycles. The van der Waals surface area contributed by atoms with Crippen molar-refractivity contribution in [3.05, 3.63) is 69.1 Å². The van der Waals surface area contributed by atoms with Crippen LogP contribution >= 0.6 is 22.9 Å². The van der Waals surface area contributed by atoms with Gasteiger partial charge >= 0.3 is 0 Å². The average molecular weight is 329 g/mol. The van der Waals surface area contributed by atoms with Crippen LogP contribution in [-0.4, -0.2) is 14.8 Å². The van der Waals surface area contributed by atoms with Crippen LogP contribution in [0.1, 0.15) is 22.3 Å². The molecule has 0 saturated heterocycles. The van der Waals surface area contributed by atoms with E-state index in [1.54, 1.807) is 11.3 Å². The Morgan fingerprint density at radius 2 is 2.05 bits per heavy atom. The molecular weight excluding hydrogens is 316 g/mol. The Hall–Kier alpha value is -2.11. The number of halogens is 1. The first kappa shape index (κ1) is 13.5. The Morgan fingerprint density at radius 1 is 1.23 bits per heavy atom. The molecule has 6 heteroatoms. The molecule has 0 amide bonds. The summed E-state index contributed by atoms with van der Waals surface area (Å²) in [6, 6.07) is 12.0. The number of fused-ring (bicyclic) bond motifs is 1. The number of rotatable bonds is 2. The van der Waals surface area contributed by atoms with Crippen LogP contribution in [0.2, 0.25) is 5.02 Å². The SMILES string of the molecule is Cc1nc2n(n1)C(c1ccc(Cl)cc1)C=C(c1cccs1)N2. The second-order valence-corrected chi connectivity index (χ2v) is 6.49. The van der Waals surface area contributed by atoms with Crippen LogP contribution in [0.4, 0.5) is 5.95 Å². The van der Waals surface area contributed by atoms with Crippen LogP contribution in [0.5, 0.6) is 0 Å². The molecule has 1 N–H and O–H groups in total. The van der Waals surface area contributed by atoms with Crippen molar-refractivity contribution in [3.63, 3.8) is 0 Å². The Balaban J connectivity index is 1.84. The molecule has 1 aliphatic heterocycles. The number of aromatic nitrogens is 3. The van der Waals surface area contributed by atoms with E-state index in [1.165, 1.54) is 4.88 Å². The molecule has 0 bridgehead atoms. The van der Waals surface area contributed by atoms with Gasteiger partial charge in [0.1, 0.15) is 11.9 Å². The van der Waals surface area contributed by atoms with Gasteiger partial charge in [0.15, 0.2) is 0 Å². The van der Waals surface area contributed by atoms with Crippen LogP contribution < -0.4 is 5.32 Å². The minimum atomic E-state index is 0.00631. The monoisotopic (exact) mass is 328 g/mol. The molecule has 2 aromatic heterocycles. The second kappa shape index (κ2) is 5.26. The van der Waals surface area contributed by atoms with Gasteiger partial charge in [0.2, 0.25) is 5.95 Å². The van der Waals surface area contributed by atoms with E-state index in [0.29, 0.717) is 0 Å². The van der Waals surface area contributed by atoms with Gasteiger partial charge in [0, 0.05) is 5.02 Å². The van der Waals surface area contributed by atoms with Gasteiger partial charge in [-0.2, -0.15) is 10.1 Å². The molecule has 0 fully saturated rings. The standard InChI is InChI=1S/C16H13ClN4S/c1-10-18-16-19-13(15-3-2-8-22-15)9-14(21(16)20-10)11-4-6-12(17)7-5-11/h2-9,14H,1H3,(H,18,19,20). The summed E-state index contributed by atoms with van der Waals surface area (Å²) >= 11 is 7.71. The van der Waals surface area contributed by atoms with E-state index in [2.05, 4.69) is 32.9 Å². The van der Waals surface area contributed by atoms with E-state index in [9.17, 15) is 0 Å². The maximum atomic E-state index is 6.00. The molecule has 1 unspecified atom stereocenters. The second-order valence-electron chi connectivity index (χ2n) is 5.11. The normalized spacial score (nSPS) is 16.8. The molecule has 0 saturated carbocycles. The molecule has 0 spiro atoms. The summed E-state index contributed by atoms with van der Waals surface area (Å²) < 4.78 is 1.91.